The molecule has 0 aliphatic heterocycles. The minimum atomic E-state index is -1.23. The molecule has 0 spiro atoms. The number of hydrogen-bond donors (Lipinski definition) is 6. The van der Waals surface area contributed by atoms with Crippen LogP contribution in [-0.2, 0) is 79.5 Å². The van der Waals surface area contributed by atoms with Crippen LogP contribution in [0.4, 0.5) is 0 Å². The van der Waals surface area contributed by atoms with E-state index in [1.807, 2.05) is 0 Å². The first-order valence-corrected chi connectivity index (χ1v) is 4.66. The zero-order chi connectivity index (χ0) is 15.5. The molecule has 130 valence electrons. The topological polar surface area (TPSA) is 173 Å². The van der Waals surface area contributed by atoms with Gasteiger partial charge in [-0.15, -0.1) is 0 Å². The van der Waals surface area contributed by atoms with E-state index in [1.165, 1.54) is 20.8 Å². The van der Waals surface area contributed by atoms with Crippen molar-refractivity contribution in [1.82, 2.24) is 0 Å². The fourth-order valence-corrected chi connectivity index (χ4v) is 0. The Morgan fingerprint density at radius 3 is 0.577 bits per heavy atom. The number of carboxylic acids is 3. The molecule has 3 unspecified atom stereocenters. The predicted molar refractivity (Wildman–Crippen MR) is 93.7 cm³/mol. The summed E-state index contributed by atoms with van der Waals surface area (Å²) in [6.07, 6.45) is -3.69. The molecule has 6 N–H and O–H groups in total. The molecule has 0 aromatic rings. The quantitative estimate of drug-likeness (QED) is 0.179. The van der Waals surface area contributed by atoms with Gasteiger partial charge in [0.25, 0.3) is 0 Å². The van der Waals surface area contributed by atoms with E-state index in [1.54, 1.807) is 0 Å². The fourth-order valence-electron chi connectivity index (χ4n) is 0. The fraction of sp³-hybridized carbons (Fsp3) is 0.667. The summed E-state index contributed by atoms with van der Waals surface area (Å²) >= 11 is 0. The van der Waals surface area contributed by atoms with Gasteiger partial charge < -0.3 is 30.6 Å². The maximum Gasteiger partial charge on any atom is 0 e. The molecule has 3 atom stereocenters. The van der Waals surface area contributed by atoms with Crippen LogP contribution in [-0.4, -0.2) is 280 Å². The molecule has 0 aliphatic rings. The van der Waals surface area contributed by atoms with Crippen molar-refractivity contribution in [2.45, 2.75) is 39.1 Å². The first kappa shape index (κ1) is 69.9. The van der Waals surface area contributed by atoms with E-state index in [-0.39, 0.29) is 278 Å². The summed E-state index contributed by atoms with van der Waals surface area (Å²) in [5, 5.41) is 47.3. The van der Waals surface area contributed by atoms with Gasteiger partial charge in [-0.25, -0.2) is 14.4 Å². The Morgan fingerprint density at radius 2 is 0.577 bits per heavy atom. The minimum absolute atomic E-state index is 0. The molecule has 0 aliphatic carbocycles. The van der Waals surface area contributed by atoms with Crippen molar-refractivity contribution in [2.24, 2.45) is 0 Å². The second-order valence-corrected chi connectivity index (χ2v) is 3.04. The Bertz CT molecular complexity index is 250. The molecule has 0 saturated heterocycles. The monoisotopic (exact) mass is 582 g/mol. The van der Waals surface area contributed by atoms with Crippen LogP contribution in [0.2, 0.25) is 0 Å². The Balaban J connectivity index is -0.0000000125. The zero-order valence-corrected chi connectivity index (χ0v) is 16.3. The maximum atomic E-state index is 9.45. The number of aliphatic carboxylic acids is 3. The number of aliphatic hydroxyl groups excluding tert-OH is 3. The molecular weight excluding hydrogens is 559 g/mol. The largest absolute Gasteiger partial charge is 0 e. The van der Waals surface area contributed by atoms with Crippen molar-refractivity contribution in [3.63, 3.8) is 0 Å². The van der Waals surface area contributed by atoms with Crippen LogP contribution in [0.25, 0.3) is 0 Å². The second-order valence-electron chi connectivity index (χ2n) is 3.04. The Kier molecular flexibility index (Phi) is 133. The molecule has 9 nitrogen and oxygen atoms in total. The SMILES string of the molecule is CC(O)C(=O)O.CC(O)C(=O)O.CC(O)C(=O)O.[KH].[KH].[KH].[NaH].[NaH].[Ti].[Ti].[Ti]. The van der Waals surface area contributed by atoms with E-state index in [2.05, 4.69) is 0 Å². The first-order valence-electron chi connectivity index (χ1n) is 4.66. The zero-order valence-electron chi connectivity index (χ0n) is 11.6. The van der Waals surface area contributed by atoms with Crippen molar-refractivity contribution in [1.29, 1.82) is 0 Å². The molecule has 0 aromatic heterocycles. The smallest absolute Gasteiger partial charge is 0 e. The maximum absolute atomic E-state index is 9.45. The molecule has 0 bridgehead atoms. The van der Waals surface area contributed by atoms with Gasteiger partial charge in [-0.2, -0.15) is 0 Å². The van der Waals surface area contributed by atoms with E-state index in [4.69, 9.17) is 30.6 Å². The van der Waals surface area contributed by atoms with Crippen molar-refractivity contribution >= 4 is 231 Å². The summed E-state index contributed by atoms with van der Waals surface area (Å²) < 4.78 is 0. The van der Waals surface area contributed by atoms with Gasteiger partial charge >= 0.3 is 231 Å². The van der Waals surface area contributed by atoms with Gasteiger partial charge in [-0.1, -0.05) is 0 Å². The van der Waals surface area contributed by atoms with Gasteiger partial charge in [0.1, 0.15) is 18.3 Å². The number of carbonyl (C=O) groups is 3. The molecule has 0 radical (unpaired) electrons. The number of rotatable bonds is 3. The third kappa shape index (κ3) is 77.1. The summed E-state index contributed by atoms with van der Waals surface area (Å²) in [6, 6.07) is 0. The summed E-state index contributed by atoms with van der Waals surface area (Å²) in [7, 11) is 0. The molecule has 17 heteroatoms. The van der Waals surface area contributed by atoms with Gasteiger partial charge in [0.2, 0.25) is 0 Å². The van der Waals surface area contributed by atoms with E-state index in [9.17, 15) is 14.4 Å². The van der Waals surface area contributed by atoms with Crippen molar-refractivity contribution in [2.75, 3.05) is 0 Å². The van der Waals surface area contributed by atoms with Crippen molar-refractivity contribution in [3.05, 3.63) is 0 Å². The first-order chi connectivity index (χ1) is 7.93. The Hall–Kier alpha value is 7.34. The third-order valence-corrected chi connectivity index (χ3v) is 1.07. The van der Waals surface area contributed by atoms with Crippen LogP contribution >= 0.6 is 0 Å². The molecule has 0 amide bonds. The van der Waals surface area contributed by atoms with Crippen LogP contribution in [0.1, 0.15) is 20.8 Å². The van der Waals surface area contributed by atoms with Gasteiger partial charge in [-0.05, 0) is 20.8 Å². The average Bonchev–Trinajstić information content (AvgIpc) is 2.18. The molecule has 26 heavy (non-hydrogen) atoms. The number of carboxylic acid groups (broad SMARTS) is 3. The summed E-state index contributed by atoms with van der Waals surface area (Å²) in [5.74, 6) is -3.56. The Labute approximate surface area is 370 Å². The van der Waals surface area contributed by atoms with Crippen LogP contribution in [0, 0.1) is 0 Å². The van der Waals surface area contributed by atoms with Crippen LogP contribution in [0.5, 0.6) is 0 Å². The summed E-state index contributed by atoms with van der Waals surface area (Å²) in [4.78, 5) is 28.3. The van der Waals surface area contributed by atoms with E-state index in [0.717, 1.165) is 0 Å². The van der Waals surface area contributed by atoms with Gasteiger partial charge in [0.15, 0.2) is 0 Å². The van der Waals surface area contributed by atoms with Crippen LogP contribution in [0.15, 0.2) is 0 Å². The number of aliphatic hydroxyl groups is 3. The molecule has 0 rings (SSSR count). The molecule has 0 fully saturated rings. The third-order valence-electron chi connectivity index (χ3n) is 1.07. The van der Waals surface area contributed by atoms with Gasteiger partial charge in [0, 0.05) is 65.2 Å². The summed E-state index contributed by atoms with van der Waals surface area (Å²) in [6.45, 7) is 3.59. The van der Waals surface area contributed by atoms with Crippen LogP contribution in [0.3, 0.4) is 0 Å². The van der Waals surface area contributed by atoms with Crippen molar-refractivity contribution < 1.29 is 110 Å². The molecule has 0 aromatic carbocycles. The second kappa shape index (κ2) is 49.5. The molecule has 0 saturated carbocycles. The number of hydrogen-bond acceptors (Lipinski definition) is 6. The standard InChI is InChI=1S/3C3H6O3.3K.2Na.3Ti.5H/c3*1-2(4)3(5)6;;;;;;;;;;;;;/h3*2,4H,1H3,(H,5,6);;;;;;;;;;;;;. The van der Waals surface area contributed by atoms with E-state index >= 15 is 0 Å². The molecular formula is C9H23K3Na2O9Ti3. The van der Waals surface area contributed by atoms with Crippen LogP contribution < -0.4 is 0 Å². The predicted octanol–water partition coefficient (Wildman–Crippen LogP) is -4.89. The van der Waals surface area contributed by atoms with Gasteiger partial charge in [0.05, 0.1) is 0 Å². The van der Waals surface area contributed by atoms with E-state index < -0.39 is 36.2 Å². The van der Waals surface area contributed by atoms with E-state index in [0.29, 0.717) is 0 Å². The Morgan fingerprint density at radius 1 is 0.538 bits per heavy atom. The average molecular weight is 582 g/mol. The molecule has 0 heterocycles. The minimum Gasteiger partial charge on any atom is 0 e. The van der Waals surface area contributed by atoms with Crippen molar-refractivity contribution in [3.8, 4) is 0 Å². The normalized spacial score (nSPS) is 9.46. The van der Waals surface area contributed by atoms with Gasteiger partial charge in [-0.3, -0.25) is 0 Å². The summed E-state index contributed by atoms with van der Waals surface area (Å²) in [5.41, 5.74) is 0.